The number of hydrogen-bond donors (Lipinski definition) is 1. The van der Waals surface area contributed by atoms with Crippen LogP contribution in [0.2, 0.25) is 0 Å². The maximum Gasteiger partial charge on any atom is 0.249 e. The van der Waals surface area contributed by atoms with Gasteiger partial charge in [0, 0.05) is 6.04 Å². The molecule has 114 valence electrons. The second-order valence-corrected chi connectivity index (χ2v) is 6.60. The molecule has 4 nitrogen and oxygen atoms in total. The Bertz CT molecular complexity index is 393. The number of amides is 2. The van der Waals surface area contributed by atoms with Gasteiger partial charge in [0.15, 0.2) is 0 Å². The molecule has 1 spiro atoms. The molecule has 1 aliphatic heterocycles. The quantitative estimate of drug-likeness (QED) is 0.864. The molecule has 0 unspecified atom stereocenters. The normalized spacial score (nSPS) is 25.1. The van der Waals surface area contributed by atoms with Gasteiger partial charge in [0.25, 0.3) is 0 Å². The SMILES string of the molecule is CCC1(CC)NC(=O)C2(CCCCC2)N(C(C)C)C1=O. The second-order valence-electron chi connectivity index (χ2n) is 6.60. The van der Waals surface area contributed by atoms with Crippen LogP contribution in [0.3, 0.4) is 0 Å². The van der Waals surface area contributed by atoms with E-state index in [1.54, 1.807) is 0 Å². The number of carbonyl (C=O) groups is 2. The largest absolute Gasteiger partial charge is 0.340 e. The minimum atomic E-state index is -0.690. The molecule has 2 fully saturated rings. The van der Waals surface area contributed by atoms with E-state index in [0.717, 1.165) is 25.7 Å². The number of carbonyl (C=O) groups excluding carboxylic acids is 2. The summed E-state index contributed by atoms with van der Waals surface area (Å²) >= 11 is 0. The predicted octanol–water partition coefficient (Wildman–Crippen LogP) is 2.61. The predicted molar refractivity (Wildman–Crippen MR) is 79.3 cm³/mol. The van der Waals surface area contributed by atoms with Gasteiger partial charge in [-0.05, 0) is 39.5 Å². The first-order chi connectivity index (χ1) is 9.43. The van der Waals surface area contributed by atoms with Crippen LogP contribution in [0.5, 0.6) is 0 Å². The van der Waals surface area contributed by atoms with Crippen LogP contribution in [0.25, 0.3) is 0 Å². The lowest BCUT2D eigenvalue weighted by molar-refractivity contribution is -0.169. The van der Waals surface area contributed by atoms with E-state index in [0.29, 0.717) is 12.8 Å². The highest BCUT2D eigenvalue weighted by Crippen LogP contribution is 2.41. The molecule has 0 aromatic rings. The number of rotatable bonds is 3. The van der Waals surface area contributed by atoms with Gasteiger partial charge in [-0.3, -0.25) is 9.59 Å². The summed E-state index contributed by atoms with van der Waals surface area (Å²) in [5.74, 6) is 0.202. The minimum absolute atomic E-state index is 0.0733. The standard InChI is InChI=1S/C16H28N2O2/c1-5-15(6-2)14(20)18(12(3)4)16(13(19)17-15)10-8-7-9-11-16/h12H,5-11H2,1-4H3,(H,17,19). The van der Waals surface area contributed by atoms with Gasteiger partial charge >= 0.3 is 0 Å². The van der Waals surface area contributed by atoms with E-state index in [9.17, 15) is 9.59 Å². The van der Waals surface area contributed by atoms with Crippen molar-refractivity contribution in [3.05, 3.63) is 0 Å². The Morgan fingerprint density at radius 2 is 1.65 bits per heavy atom. The molecule has 1 saturated heterocycles. The van der Waals surface area contributed by atoms with E-state index < -0.39 is 11.1 Å². The summed E-state index contributed by atoms with van der Waals surface area (Å²) in [6.45, 7) is 8.03. The summed E-state index contributed by atoms with van der Waals surface area (Å²) in [5.41, 5.74) is -1.28. The molecule has 1 N–H and O–H groups in total. The third-order valence-corrected chi connectivity index (χ3v) is 5.27. The zero-order chi connectivity index (χ0) is 15.0. The fourth-order valence-electron chi connectivity index (χ4n) is 3.98. The Labute approximate surface area is 122 Å². The average Bonchev–Trinajstić information content (AvgIpc) is 2.44. The fraction of sp³-hybridized carbons (Fsp3) is 0.875. The molecule has 0 bridgehead atoms. The van der Waals surface area contributed by atoms with E-state index in [-0.39, 0.29) is 17.9 Å². The van der Waals surface area contributed by atoms with Crippen molar-refractivity contribution in [2.45, 2.75) is 89.8 Å². The lowest BCUT2D eigenvalue weighted by Gasteiger charge is -2.55. The van der Waals surface area contributed by atoms with Crippen molar-refractivity contribution in [3.8, 4) is 0 Å². The highest BCUT2D eigenvalue weighted by molar-refractivity contribution is 6.02. The molecule has 1 aliphatic carbocycles. The van der Waals surface area contributed by atoms with Gasteiger partial charge in [-0.2, -0.15) is 0 Å². The Kier molecular flexibility index (Phi) is 4.12. The van der Waals surface area contributed by atoms with Crippen LogP contribution in [0.4, 0.5) is 0 Å². The van der Waals surface area contributed by atoms with Crippen LogP contribution in [0.1, 0.15) is 72.6 Å². The molecule has 20 heavy (non-hydrogen) atoms. The monoisotopic (exact) mass is 280 g/mol. The molecular weight excluding hydrogens is 252 g/mol. The highest BCUT2D eigenvalue weighted by atomic mass is 16.2. The molecule has 2 amide bonds. The molecular formula is C16H28N2O2. The van der Waals surface area contributed by atoms with E-state index in [4.69, 9.17) is 0 Å². The Morgan fingerprint density at radius 1 is 1.10 bits per heavy atom. The maximum absolute atomic E-state index is 13.1. The summed E-state index contributed by atoms with van der Waals surface area (Å²) in [6.07, 6.45) is 6.19. The van der Waals surface area contributed by atoms with Crippen molar-refractivity contribution in [1.29, 1.82) is 0 Å². The maximum atomic E-state index is 13.1. The van der Waals surface area contributed by atoms with Gasteiger partial charge in [0.1, 0.15) is 11.1 Å². The van der Waals surface area contributed by atoms with Crippen molar-refractivity contribution in [3.63, 3.8) is 0 Å². The number of hydrogen-bond acceptors (Lipinski definition) is 2. The molecule has 1 saturated carbocycles. The van der Waals surface area contributed by atoms with Crippen LogP contribution in [-0.4, -0.2) is 33.8 Å². The average molecular weight is 280 g/mol. The summed E-state index contributed by atoms with van der Waals surface area (Å²) in [6, 6.07) is 0.0733. The first-order valence-electron chi connectivity index (χ1n) is 8.10. The van der Waals surface area contributed by atoms with Gasteiger partial charge in [0.2, 0.25) is 11.8 Å². The molecule has 2 aliphatic rings. The van der Waals surface area contributed by atoms with E-state index in [2.05, 4.69) is 5.32 Å². The lowest BCUT2D eigenvalue weighted by Crippen LogP contribution is -2.77. The van der Waals surface area contributed by atoms with Crippen molar-refractivity contribution in [2.75, 3.05) is 0 Å². The third-order valence-electron chi connectivity index (χ3n) is 5.27. The van der Waals surface area contributed by atoms with E-state index in [1.165, 1.54) is 6.42 Å². The lowest BCUT2D eigenvalue weighted by atomic mass is 9.73. The first kappa shape index (κ1) is 15.3. The summed E-state index contributed by atoms with van der Waals surface area (Å²) in [5, 5.41) is 3.09. The Morgan fingerprint density at radius 3 is 2.10 bits per heavy atom. The molecule has 4 heteroatoms. The first-order valence-corrected chi connectivity index (χ1v) is 8.10. The summed E-state index contributed by atoms with van der Waals surface area (Å²) in [7, 11) is 0. The highest BCUT2D eigenvalue weighted by Gasteiger charge is 2.57. The zero-order valence-electron chi connectivity index (χ0n) is 13.3. The van der Waals surface area contributed by atoms with Crippen molar-refractivity contribution >= 4 is 11.8 Å². The summed E-state index contributed by atoms with van der Waals surface area (Å²) in [4.78, 5) is 27.9. The fourth-order valence-corrected chi connectivity index (χ4v) is 3.98. The van der Waals surface area contributed by atoms with Gasteiger partial charge < -0.3 is 10.2 Å². The minimum Gasteiger partial charge on any atom is -0.340 e. The molecule has 0 atom stereocenters. The summed E-state index contributed by atoms with van der Waals surface area (Å²) < 4.78 is 0. The van der Waals surface area contributed by atoms with E-state index in [1.807, 2.05) is 32.6 Å². The molecule has 0 aromatic carbocycles. The zero-order valence-corrected chi connectivity index (χ0v) is 13.3. The Hall–Kier alpha value is -1.06. The smallest absolute Gasteiger partial charge is 0.249 e. The van der Waals surface area contributed by atoms with Crippen LogP contribution < -0.4 is 5.32 Å². The van der Waals surface area contributed by atoms with Gasteiger partial charge in [-0.15, -0.1) is 0 Å². The number of nitrogens with zero attached hydrogens (tertiary/aromatic N) is 1. The molecule has 1 heterocycles. The van der Waals surface area contributed by atoms with Crippen LogP contribution >= 0.6 is 0 Å². The number of piperazine rings is 1. The molecule has 0 radical (unpaired) electrons. The number of nitrogens with one attached hydrogen (secondary N) is 1. The van der Waals surface area contributed by atoms with Crippen LogP contribution in [0.15, 0.2) is 0 Å². The van der Waals surface area contributed by atoms with Crippen molar-refractivity contribution in [1.82, 2.24) is 10.2 Å². The topological polar surface area (TPSA) is 49.4 Å². The van der Waals surface area contributed by atoms with Gasteiger partial charge in [0.05, 0.1) is 0 Å². The van der Waals surface area contributed by atoms with Crippen LogP contribution in [0, 0.1) is 0 Å². The molecule has 2 rings (SSSR count). The van der Waals surface area contributed by atoms with Crippen molar-refractivity contribution in [2.24, 2.45) is 0 Å². The van der Waals surface area contributed by atoms with Crippen molar-refractivity contribution < 1.29 is 9.59 Å². The van der Waals surface area contributed by atoms with Crippen LogP contribution in [-0.2, 0) is 9.59 Å². The van der Waals surface area contributed by atoms with Gasteiger partial charge in [-0.1, -0.05) is 33.1 Å². The Balaban J connectivity index is 2.45. The van der Waals surface area contributed by atoms with E-state index >= 15 is 0 Å². The van der Waals surface area contributed by atoms with Gasteiger partial charge in [-0.25, -0.2) is 0 Å². The third kappa shape index (κ3) is 2.04. The second kappa shape index (κ2) is 5.38. The molecule has 0 aromatic heterocycles.